The van der Waals surface area contributed by atoms with E-state index in [2.05, 4.69) is 4.90 Å². The predicted octanol–water partition coefficient (Wildman–Crippen LogP) is 2.86. The van der Waals surface area contributed by atoms with Crippen LogP contribution in [-0.4, -0.2) is 49.0 Å². The molecular weight excluding hydrogens is 266 g/mol. The first-order valence-corrected chi connectivity index (χ1v) is 7.63. The largest absolute Gasteiger partial charge is 0.491 e. The molecule has 0 saturated carbocycles. The van der Waals surface area contributed by atoms with Gasteiger partial charge < -0.3 is 19.5 Å². The third kappa shape index (κ3) is 7.46. The van der Waals surface area contributed by atoms with Crippen LogP contribution in [0.15, 0.2) is 24.3 Å². The van der Waals surface area contributed by atoms with Crippen LogP contribution in [-0.2, 0) is 4.74 Å². The number of nitrogens with zero attached hydrogens (tertiary/aromatic N) is 1. The van der Waals surface area contributed by atoms with Gasteiger partial charge in [0.05, 0.1) is 24.9 Å². The maximum atomic E-state index is 10.2. The number of rotatable bonds is 9. The summed E-state index contributed by atoms with van der Waals surface area (Å²) in [5, 5.41) is 10.2. The van der Waals surface area contributed by atoms with Gasteiger partial charge in [0.25, 0.3) is 0 Å². The smallest absolute Gasteiger partial charge is 0.119 e. The highest BCUT2D eigenvalue weighted by atomic mass is 16.5. The van der Waals surface area contributed by atoms with Crippen LogP contribution in [0.1, 0.15) is 39.4 Å². The van der Waals surface area contributed by atoms with Crippen molar-refractivity contribution in [2.75, 3.05) is 26.7 Å². The van der Waals surface area contributed by atoms with E-state index in [1.807, 2.05) is 59.0 Å². The highest BCUT2D eigenvalue weighted by Crippen LogP contribution is 2.19. The molecule has 0 aliphatic heterocycles. The first-order valence-electron chi connectivity index (χ1n) is 7.63. The van der Waals surface area contributed by atoms with Crippen molar-refractivity contribution in [1.29, 1.82) is 0 Å². The molecule has 0 aromatic heterocycles. The Bertz CT molecular complexity index is 390. The summed E-state index contributed by atoms with van der Waals surface area (Å²) in [6.07, 6.45) is -0.0909. The number of ether oxygens (including phenoxy) is 2. The first-order chi connectivity index (χ1) is 9.88. The minimum atomic E-state index is -0.498. The summed E-state index contributed by atoms with van der Waals surface area (Å²) in [4.78, 5) is 2.07. The highest BCUT2D eigenvalue weighted by molar-refractivity contribution is 5.28. The van der Waals surface area contributed by atoms with E-state index in [1.165, 1.54) is 0 Å². The Morgan fingerprint density at radius 3 is 2.19 bits per heavy atom. The molecule has 1 N–H and O–H groups in total. The highest BCUT2D eigenvalue weighted by Gasteiger charge is 2.11. The molecule has 0 spiro atoms. The lowest BCUT2D eigenvalue weighted by molar-refractivity contribution is 0.0519. The van der Waals surface area contributed by atoms with Crippen LogP contribution < -0.4 is 4.74 Å². The zero-order valence-electron chi connectivity index (χ0n) is 13.9. The SMILES string of the molecule is CC(C)OCCN(C)CC(O)c1ccc(OC(C)C)cc1. The molecule has 1 unspecified atom stereocenters. The van der Waals surface area contributed by atoms with Gasteiger partial charge in [-0.2, -0.15) is 0 Å². The van der Waals surface area contributed by atoms with E-state index in [-0.39, 0.29) is 12.2 Å². The second-order valence-electron chi connectivity index (χ2n) is 5.93. The fourth-order valence-corrected chi connectivity index (χ4v) is 1.98. The Labute approximate surface area is 128 Å². The summed E-state index contributed by atoms with van der Waals surface area (Å²) in [6, 6.07) is 7.64. The van der Waals surface area contributed by atoms with Gasteiger partial charge in [0.2, 0.25) is 0 Å². The van der Waals surface area contributed by atoms with Crippen molar-refractivity contribution in [2.45, 2.75) is 46.0 Å². The Morgan fingerprint density at radius 2 is 1.67 bits per heavy atom. The normalized spacial score (nSPS) is 13.2. The van der Waals surface area contributed by atoms with Crippen LogP contribution in [0.4, 0.5) is 0 Å². The lowest BCUT2D eigenvalue weighted by Crippen LogP contribution is -2.28. The molecule has 0 fully saturated rings. The van der Waals surface area contributed by atoms with Gasteiger partial charge in [-0.15, -0.1) is 0 Å². The standard InChI is InChI=1S/C17H29NO3/c1-13(2)20-11-10-18(5)12-17(19)15-6-8-16(9-7-15)21-14(3)4/h6-9,13-14,17,19H,10-12H2,1-5H3. The van der Waals surface area contributed by atoms with Crippen LogP contribution in [0.25, 0.3) is 0 Å². The molecule has 0 bridgehead atoms. The monoisotopic (exact) mass is 295 g/mol. The van der Waals surface area contributed by atoms with Crippen molar-refractivity contribution in [3.8, 4) is 5.75 Å². The van der Waals surface area contributed by atoms with E-state index in [4.69, 9.17) is 9.47 Å². The summed E-state index contributed by atoms with van der Waals surface area (Å²) >= 11 is 0. The van der Waals surface area contributed by atoms with E-state index in [1.54, 1.807) is 0 Å². The number of likely N-dealkylation sites (N-methyl/N-ethyl adjacent to an activating group) is 1. The number of aliphatic hydroxyl groups is 1. The number of aliphatic hydroxyl groups excluding tert-OH is 1. The molecule has 4 nitrogen and oxygen atoms in total. The summed E-state index contributed by atoms with van der Waals surface area (Å²) < 4.78 is 11.1. The summed E-state index contributed by atoms with van der Waals surface area (Å²) in [5.74, 6) is 0.833. The third-order valence-corrected chi connectivity index (χ3v) is 3.05. The second kappa shape index (κ2) is 9.03. The zero-order chi connectivity index (χ0) is 15.8. The van der Waals surface area contributed by atoms with E-state index < -0.39 is 6.10 Å². The Kier molecular flexibility index (Phi) is 7.72. The van der Waals surface area contributed by atoms with Crippen LogP contribution in [0, 0.1) is 0 Å². The van der Waals surface area contributed by atoms with Crippen LogP contribution in [0.3, 0.4) is 0 Å². The molecule has 0 amide bonds. The second-order valence-corrected chi connectivity index (χ2v) is 5.93. The molecule has 0 aliphatic carbocycles. The van der Waals surface area contributed by atoms with Crippen molar-refractivity contribution >= 4 is 0 Å². The third-order valence-electron chi connectivity index (χ3n) is 3.05. The average Bonchev–Trinajstić information content (AvgIpc) is 2.38. The Balaban J connectivity index is 2.42. The summed E-state index contributed by atoms with van der Waals surface area (Å²) in [5.41, 5.74) is 0.905. The topological polar surface area (TPSA) is 41.9 Å². The zero-order valence-corrected chi connectivity index (χ0v) is 13.9. The van der Waals surface area contributed by atoms with E-state index in [9.17, 15) is 5.11 Å². The molecule has 21 heavy (non-hydrogen) atoms. The van der Waals surface area contributed by atoms with Crippen molar-refractivity contribution < 1.29 is 14.6 Å². The average molecular weight is 295 g/mol. The molecule has 1 aromatic carbocycles. The maximum absolute atomic E-state index is 10.2. The molecule has 1 aromatic rings. The molecular formula is C17H29NO3. The predicted molar refractivity (Wildman–Crippen MR) is 85.8 cm³/mol. The minimum absolute atomic E-state index is 0.160. The number of benzene rings is 1. The molecule has 0 aliphatic rings. The van der Waals surface area contributed by atoms with E-state index in [0.29, 0.717) is 13.2 Å². The minimum Gasteiger partial charge on any atom is -0.491 e. The van der Waals surface area contributed by atoms with Gasteiger partial charge in [-0.3, -0.25) is 0 Å². The van der Waals surface area contributed by atoms with Crippen LogP contribution in [0.2, 0.25) is 0 Å². The lowest BCUT2D eigenvalue weighted by atomic mass is 10.1. The lowest BCUT2D eigenvalue weighted by Gasteiger charge is -2.21. The molecule has 1 rings (SSSR count). The van der Waals surface area contributed by atoms with Gasteiger partial charge in [0.1, 0.15) is 5.75 Å². The maximum Gasteiger partial charge on any atom is 0.119 e. The van der Waals surface area contributed by atoms with Gasteiger partial charge in [-0.25, -0.2) is 0 Å². The summed E-state index contributed by atoms with van der Waals surface area (Å²) in [6.45, 7) is 10.1. The quantitative estimate of drug-likeness (QED) is 0.760. The van der Waals surface area contributed by atoms with Gasteiger partial charge >= 0.3 is 0 Å². The number of hydrogen-bond acceptors (Lipinski definition) is 4. The van der Waals surface area contributed by atoms with Crippen LogP contribution >= 0.6 is 0 Å². The first kappa shape index (κ1) is 18.0. The van der Waals surface area contributed by atoms with Crippen molar-refractivity contribution in [3.63, 3.8) is 0 Å². The molecule has 0 heterocycles. The van der Waals surface area contributed by atoms with Crippen molar-refractivity contribution in [2.24, 2.45) is 0 Å². The van der Waals surface area contributed by atoms with Crippen molar-refractivity contribution in [1.82, 2.24) is 4.90 Å². The van der Waals surface area contributed by atoms with Gasteiger partial charge in [-0.1, -0.05) is 12.1 Å². The molecule has 0 radical (unpaired) electrons. The number of hydrogen-bond donors (Lipinski definition) is 1. The molecule has 4 heteroatoms. The fraction of sp³-hybridized carbons (Fsp3) is 0.647. The van der Waals surface area contributed by atoms with Crippen molar-refractivity contribution in [3.05, 3.63) is 29.8 Å². The Morgan fingerprint density at radius 1 is 1.05 bits per heavy atom. The molecule has 0 saturated heterocycles. The summed E-state index contributed by atoms with van der Waals surface area (Å²) in [7, 11) is 1.99. The van der Waals surface area contributed by atoms with Gasteiger partial charge in [-0.05, 0) is 52.4 Å². The van der Waals surface area contributed by atoms with E-state index in [0.717, 1.165) is 17.9 Å². The van der Waals surface area contributed by atoms with Crippen LogP contribution in [0.5, 0.6) is 5.75 Å². The van der Waals surface area contributed by atoms with E-state index >= 15 is 0 Å². The van der Waals surface area contributed by atoms with Gasteiger partial charge in [0.15, 0.2) is 0 Å². The van der Waals surface area contributed by atoms with Gasteiger partial charge in [0, 0.05) is 13.1 Å². The molecule has 120 valence electrons. The Hall–Kier alpha value is -1.10. The molecule has 1 atom stereocenters. The fourth-order valence-electron chi connectivity index (χ4n) is 1.98.